The number of rotatable bonds is 3. The molecule has 0 amide bonds. The maximum absolute atomic E-state index is 11.1. The predicted octanol–water partition coefficient (Wildman–Crippen LogP) is 2.47. The van der Waals surface area contributed by atoms with Gasteiger partial charge in [0.1, 0.15) is 12.1 Å². The molecular formula is C11H7BrN4O. The molecule has 17 heavy (non-hydrogen) atoms. The van der Waals surface area contributed by atoms with Crippen molar-refractivity contribution in [3.63, 3.8) is 0 Å². The summed E-state index contributed by atoms with van der Waals surface area (Å²) in [5, 5.41) is 20.6. The van der Waals surface area contributed by atoms with E-state index >= 15 is 0 Å². The average molecular weight is 291 g/mol. The van der Waals surface area contributed by atoms with E-state index in [0.717, 1.165) is 0 Å². The minimum absolute atomic E-state index is 0.0458. The van der Waals surface area contributed by atoms with Crippen molar-refractivity contribution in [1.82, 2.24) is 0 Å². The maximum Gasteiger partial charge on any atom is 0.237 e. The molecule has 0 fully saturated rings. The molecule has 1 N–H and O–H groups in total. The maximum atomic E-state index is 11.1. The summed E-state index contributed by atoms with van der Waals surface area (Å²) in [6.45, 7) is 1.47. The van der Waals surface area contributed by atoms with Crippen LogP contribution in [-0.4, -0.2) is 11.5 Å². The van der Waals surface area contributed by atoms with Crippen molar-refractivity contribution < 1.29 is 4.79 Å². The molecule has 0 aliphatic carbocycles. The lowest BCUT2D eigenvalue weighted by Crippen LogP contribution is -1.98. The summed E-state index contributed by atoms with van der Waals surface area (Å²) in [5.41, 5.74) is 3.42. The van der Waals surface area contributed by atoms with Gasteiger partial charge in [0.05, 0.1) is 5.69 Å². The van der Waals surface area contributed by atoms with Gasteiger partial charge < -0.3 is 0 Å². The summed E-state index contributed by atoms with van der Waals surface area (Å²) in [7, 11) is 0. The van der Waals surface area contributed by atoms with Crippen LogP contribution in [0.25, 0.3) is 0 Å². The van der Waals surface area contributed by atoms with E-state index in [1.54, 1.807) is 30.3 Å². The molecule has 6 heteroatoms. The number of benzene rings is 1. The van der Waals surface area contributed by atoms with Crippen molar-refractivity contribution in [3.8, 4) is 12.1 Å². The van der Waals surface area contributed by atoms with Crippen LogP contribution in [0.1, 0.15) is 17.3 Å². The second-order valence-corrected chi connectivity index (χ2v) is 3.90. The van der Waals surface area contributed by atoms with Crippen molar-refractivity contribution in [2.75, 3.05) is 5.43 Å². The topological polar surface area (TPSA) is 89.0 Å². The number of nitriles is 2. The van der Waals surface area contributed by atoms with E-state index in [9.17, 15) is 4.79 Å². The summed E-state index contributed by atoms with van der Waals surface area (Å²) < 4.78 is 0.629. The number of halogens is 1. The van der Waals surface area contributed by atoms with Crippen molar-refractivity contribution in [2.45, 2.75) is 6.92 Å². The number of hydrogen-bond donors (Lipinski definition) is 1. The smallest absolute Gasteiger partial charge is 0.237 e. The van der Waals surface area contributed by atoms with E-state index < -0.39 is 0 Å². The van der Waals surface area contributed by atoms with Gasteiger partial charge in [-0.05, 0) is 41.1 Å². The number of carbonyl (C=O) groups is 1. The summed E-state index contributed by atoms with van der Waals surface area (Å²) in [6.07, 6.45) is 0. The van der Waals surface area contributed by atoms with Gasteiger partial charge in [-0.25, -0.2) is 0 Å². The standard InChI is InChI=1S/C11H7BrN4O/c1-7(17)8-2-3-11(10(12)4-8)16-15-9(5-13)6-14/h2-4,16H,1H3. The molecule has 0 saturated carbocycles. The third kappa shape index (κ3) is 3.40. The largest absolute Gasteiger partial charge is 0.295 e. The number of Topliss-reactive ketones (excluding diaryl/α,β-unsaturated/α-hetero) is 1. The molecule has 0 unspecified atom stereocenters. The van der Waals surface area contributed by atoms with E-state index in [4.69, 9.17) is 10.5 Å². The SMILES string of the molecule is CC(=O)c1ccc(NN=C(C#N)C#N)c(Br)c1. The Bertz CT molecular complexity index is 550. The van der Waals surface area contributed by atoms with Gasteiger partial charge in [-0.2, -0.15) is 15.6 Å². The van der Waals surface area contributed by atoms with Gasteiger partial charge in [0, 0.05) is 10.0 Å². The number of anilines is 1. The quantitative estimate of drug-likeness (QED) is 0.526. The molecule has 0 spiro atoms. The van der Waals surface area contributed by atoms with Crippen LogP contribution in [0.15, 0.2) is 27.8 Å². The Morgan fingerprint density at radius 3 is 2.53 bits per heavy atom. The van der Waals surface area contributed by atoms with Crippen molar-refractivity contribution >= 4 is 33.1 Å². The Morgan fingerprint density at radius 2 is 2.06 bits per heavy atom. The fraction of sp³-hybridized carbons (Fsp3) is 0.0909. The third-order valence-electron chi connectivity index (χ3n) is 1.88. The molecule has 1 aromatic carbocycles. The summed E-state index contributed by atoms with van der Waals surface area (Å²) in [5.74, 6) is -0.0458. The highest BCUT2D eigenvalue weighted by atomic mass is 79.9. The van der Waals surface area contributed by atoms with Gasteiger partial charge in [0.15, 0.2) is 5.78 Å². The molecule has 0 atom stereocenters. The summed E-state index contributed by atoms with van der Waals surface area (Å²) in [4.78, 5) is 11.1. The van der Waals surface area contributed by atoms with Crippen molar-refractivity contribution in [3.05, 3.63) is 28.2 Å². The molecule has 0 radical (unpaired) electrons. The van der Waals surface area contributed by atoms with Crippen LogP contribution in [0.2, 0.25) is 0 Å². The number of ketones is 1. The first kappa shape index (κ1) is 12.9. The lowest BCUT2D eigenvalue weighted by atomic mass is 10.1. The molecule has 5 nitrogen and oxygen atoms in total. The Balaban J connectivity index is 2.96. The van der Waals surface area contributed by atoms with Gasteiger partial charge in [-0.1, -0.05) is 0 Å². The highest BCUT2D eigenvalue weighted by Gasteiger charge is 2.04. The van der Waals surface area contributed by atoms with Crippen LogP contribution in [-0.2, 0) is 0 Å². The highest BCUT2D eigenvalue weighted by molar-refractivity contribution is 9.10. The van der Waals surface area contributed by atoms with Crippen molar-refractivity contribution in [2.24, 2.45) is 5.10 Å². The summed E-state index contributed by atoms with van der Waals surface area (Å²) in [6, 6.07) is 8.16. The predicted molar refractivity (Wildman–Crippen MR) is 66.4 cm³/mol. The molecule has 0 aromatic heterocycles. The number of hydrazone groups is 1. The molecule has 0 bridgehead atoms. The molecule has 0 saturated heterocycles. The third-order valence-corrected chi connectivity index (χ3v) is 2.53. The van der Waals surface area contributed by atoms with Gasteiger partial charge in [0.25, 0.3) is 0 Å². The first-order valence-corrected chi connectivity index (χ1v) is 5.32. The lowest BCUT2D eigenvalue weighted by molar-refractivity contribution is 0.101. The van der Waals surface area contributed by atoms with Crippen LogP contribution in [0.5, 0.6) is 0 Å². The molecule has 0 aliphatic rings. The molecule has 84 valence electrons. The zero-order valence-corrected chi connectivity index (χ0v) is 10.4. The summed E-state index contributed by atoms with van der Waals surface area (Å²) >= 11 is 3.26. The van der Waals surface area contributed by atoms with Crippen molar-refractivity contribution in [1.29, 1.82) is 10.5 Å². The number of carbonyl (C=O) groups excluding carboxylic acids is 1. The van der Waals surface area contributed by atoms with E-state index in [1.165, 1.54) is 6.92 Å². The van der Waals surface area contributed by atoms with Gasteiger partial charge in [-0.15, -0.1) is 0 Å². The van der Waals surface area contributed by atoms with E-state index in [-0.39, 0.29) is 11.5 Å². The van der Waals surface area contributed by atoms with Crippen LogP contribution in [0.4, 0.5) is 5.69 Å². The highest BCUT2D eigenvalue weighted by Crippen LogP contribution is 2.23. The number of nitrogens with zero attached hydrogens (tertiary/aromatic N) is 3. The second kappa shape index (κ2) is 5.78. The molecule has 1 rings (SSSR count). The van der Waals surface area contributed by atoms with Gasteiger partial charge in [-0.3, -0.25) is 10.2 Å². The monoisotopic (exact) mass is 290 g/mol. The minimum Gasteiger partial charge on any atom is -0.295 e. The first-order valence-electron chi connectivity index (χ1n) is 4.53. The Labute approximate surface area is 106 Å². The zero-order chi connectivity index (χ0) is 12.8. The minimum atomic E-state index is -0.271. The van der Waals surface area contributed by atoms with Crippen LogP contribution in [0.3, 0.4) is 0 Å². The first-order chi connectivity index (χ1) is 8.08. The van der Waals surface area contributed by atoms with Gasteiger partial charge >= 0.3 is 0 Å². The average Bonchev–Trinajstić information content (AvgIpc) is 2.31. The van der Waals surface area contributed by atoms with E-state index in [1.807, 2.05) is 0 Å². The Morgan fingerprint density at radius 1 is 1.41 bits per heavy atom. The van der Waals surface area contributed by atoms with Crippen LogP contribution in [0, 0.1) is 22.7 Å². The fourth-order valence-corrected chi connectivity index (χ4v) is 1.48. The van der Waals surface area contributed by atoms with E-state index in [0.29, 0.717) is 15.7 Å². The van der Waals surface area contributed by atoms with E-state index in [2.05, 4.69) is 26.5 Å². The fourth-order valence-electron chi connectivity index (χ4n) is 1.02. The number of hydrogen-bond acceptors (Lipinski definition) is 5. The normalized spacial score (nSPS) is 8.71. The van der Waals surface area contributed by atoms with Crippen LogP contribution < -0.4 is 5.43 Å². The molecule has 1 aromatic rings. The molecular weight excluding hydrogens is 284 g/mol. The Kier molecular flexibility index (Phi) is 4.38. The lowest BCUT2D eigenvalue weighted by Gasteiger charge is -2.04. The second-order valence-electron chi connectivity index (χ2n) is 3.05. The van der Waals surface area contributed by atoms with Crippen LogP contribution >= 0.6 is 15.9 Å². The molecule has 0 heterocycles. The van der Waals surface area contributed by atoms with Gasteiger partial charge in [0.2, 0.25) is 5.71 Å². The Hall–Kier alpha value is -2.18. The molecule has 0 aliphatic heterocycles. The zero-order valence-electron chi connectivity index (χ0n) is 8.86. The number of nitrogens with one attached hydrogen (secondary N) is 1.